The number of likely N-dealkylation sites (tertiary alicyclic amines) is 1. The van der Waals surface area contributed by atoms with Crippen molar-refractivity contribution < 1.29 is 9.53 Å². The molecule has 0 aromatic heterocycles. The molecule has 0 saturated carbocycles. The van der Waals surface area contributed by atoms with Crippen LogP contribution in [-0.4, -0.2) is 61.5 Å². The molecule has 2 aliphatic rings. The second-order valence-electron chi connectivity index (χ2n) is 8.21. The topological polar surface area (TPSA) is 57.2 Å². The maximum atomic E-state index is 12.8. The molecule has 31 heavy (non-hydrogen) atoms. The number of hydrogen-bond donors (Lipinski definition) is 1. The van der Waals surface area contributed by atoms with Crippen LogP contribution in [0.4, 0.5) is 0 Å². The Morgan fingerprint density at radius 3 is 2.61 bits per heavy atom. The number of ether oxygens (including phenoxy) is 1. The van der Waals surface area contributed by atoms with Gasteiger partial charge in [-0.05, 0) is 48.6 Å². The number of fused-ring (bicyclic) bond motifs is 1. The molecule has 164 valence electrons. The monoisotopic (exact) mass is 420 g/mol. The minimum atomic E-state index is 0.0933. The van der Waals surface area contributed by atoms with E-state index in [0.29, 0.717) is 12.5 Å². The van der Waals surface area contributed by atoms with Gasteiger partial charge in [0.25, 0.3) is 0 Å². The summed E-state index contributed by atoms with van der Waals surface area (Å²) in [4.78, 5) is 21.7. The Labute approximate surface area is 184 Å². The van der Waals surface area contributed by atoms with Gasteiger partial charge >= 0.3 is 0 Å². The molecule has 2 aliphatic heterocycles. The molecule has 4 rings (SSSR count). The molecule has 1 atom stereocenters. The van der Waals surface area contributed by atoms with Crippen LogP contribution in [0.5, 0.6) is 5.75 Å². The predicted molar refractivity (Wildman–Crippen MR) is 123 cm³/mol. The van der Waals surface area contributed by atoms with Crippen molar-refractivity contribution >= 4 is 11.9 Å². The second-order valence-corrected chi connectivity index (χ2v) is 8.21. The highest BCUT2D eigenvalue weighted by Gasteiger charge is 2.27. The standard InChI is InChI=1S/C25H32N4O2/c1-3-26-25(29-15-13-22(18-29)20-8-10-23(31-2)11-9-20)27-16-24(30)28-14-12-19-6-4-5-7-21(19)17-28/h4-11,22H,3,12-18H2,1-2H3,(H,26,27). The van der Waals surface area contributed by atoms with Crippen LogP contribution in [0.25, 0.3) is 0 Å². The number of rotatable bonds is 5. The van der Waals surface area contributed by atoms with E-state index in [0.717, 1.165) is 50.7 Å². The molecule has 2 aromatic carbocycles. The maximum Gasteiger partial charge on any atom is 0.244 e. The maximum absolute atomic E-state index is 12.8. The molecule has 0 bridgehead atoms. The van der Waals surface area contributed by atoms with Gasteiger partial charge in [-0.25, -0.2) is 4.99 Å². The van der Waals surface area contributed by atoms with Gasteiger partial charge in [0, 0.05) is 38.6 Å². The van der Waals surface area contributed by atoms with Crippen molar-refractivity contribution in [3.63, 3.8) is 0 Å². The van der Waals surface area contributed by atoms with Gasteiger partial charge in [0.15, 0.2) is 5.96 Å². The lowest BCUT2D eigenvalue weighted by Gasteiger charge is -2.28. The first-order chi connectivity index (χ1) is 15.2. The summed E-state index contributed by atoms with van der Waals surface area (Å²) in [5.41, 5.74) is 3.92. The number of carbonyl (C=O) groups is 1. The highest BCUT2D eigenvalue weighted by molar-refractivity contribution is 5.85. The van der Waals surface area contributed by atoms with E-state index in [1.165, 1.54) is 16.7 Å². The van der Waals surface area contributed by atoms with Gasteiger partial charge in [-0.2, -0.15) is 0 Å². The van der Waals surface area contributed by atoms with Crippen LogP contribution in [0.15, 0.2) is 53.5 Å². The Kier molecular flexibility index (Phi) is 6.75. The van der Waals surface area contributed by atoms with E-state index in [4.69, 9.17) is 9.73 Å². The third-order valence-electron chi connectivity index (χ3n) is 6.26. The van der Waals surface area contributed by atoms with E-state index in [1.807, 2.05) is 23.1 Å². The Balaban J connectivity index is 1.37. The van der Waals surface area contributed by atoms with Crippen LogP contribution in [-0.2, 0) is 17.8 Å². The summed E-state index contributed by atoms with van der Waals surface area (Å²) in [6.45, 7) is 6.34. The fourth-order valence-corrected chi connectivity index (χ4v) is 4.48. The summed E-state index contributed by atoms with van der Waals surface area (Å²) in [6, 6.07) is 16.7. The summed E-state index contributed by atoms with van der Waals surface area (Å²) < 4.78 is 5.27. The van der Waals surface area contributed by atoms with Crippen molar-refractivity contribution in [1.82, 2.24) is 15.1 Å². The molecule has 2 heterocycles. The first kappa shape index (κ1) is 21.2. The Morgan fingerprint density at radius 1 is 1.10 bits per heavy atom. The molecule has 1 N–H and O–H groups in total. The van der Waals surface area contributed by atoms with Crippen LogP contribution in [0.3, 0.4) is 0 Å². The van der Waals surface area contributed by atoms with Crippen molar-refractivity contribution in [3.05, 3.63) is 65.2 Å². The van der Waals surface area contributed by atoms with Gasteiger partial charge in [-0.1, -0.05) is 36.4 Å². The Hall–Kier alpha value is -3.02. The lowest BCUT2D eigenvalue weighted by Crippen LogP contribution is -2.42. The van der Waals surface area contributed by atoms with Crippen molar-refractivity contribution in [2.24, 2.45) is 4.99 Å². The molecule has 6 heteroatoms. The summed E-state index contributed by atoms with van der Waals surface area (Å²) in [6.07, 6.45) is 1.99. The number of carbonyl (C=O) groups excluding carboxylic acids is 1. The molecule has 1 amide bonds. The number of nitrogens with zero attached hydrogens (tertiary/aromatic N) is 3. The SMILES string of the molecule is CCNC(=NCC(=O)N1CCc2ccccc2C1)N1CCC(c2ccc(OC)cc2)C1. The van der Waals surface area contributed by atoms with Crippen LogP contribution in [0.2, 0.25) is 0 Å². The second kappa shape index (κ2) is 9.86. The summed E-state index contributed by atoms with van der Waals surface area (Å²) in [5.74, 6) is 2.27. The van der Waals surface area contributed by atoms with Crippen molar-refractivity contribution in [1.29, 1.82) is 0 Å². The lowest BCUT2D eigenvalue weighted by molar-refractivity contribution is -0.130. The Morgan fingerprint density at radius 2 is 1.87 bits per heavy atom. The fraction of sp³-hybridized carbons (Fsp3) is 0.440. The molecular formula is C25H32N4O2. The number of guanidine groups is 1. The highest BCUT2D eigenvalue weighted by Crippen LogP contribution is 2.28. The largest absolute Gasteiger partial charge is 0.497 e. The van der Waals surface area contributed by atoms with Gasteiger partial charge in [-0.15, -0.1) is 0 Å². The molecule has 6 nitrogen and oxygen atoms in total. The molecule has 1 saturated heterocycles. The summed E-state index contributed by atoms with van der Waals surface area (Å²) in [5, 5.41) is 3.37. The number of aliphatic imine (C=N–C) groups is 1. The van der Waals surface area contributed by atoms with Gasteiger partial charge in [0.1, 0.15) is 12.3 Å². The quantitative estimate of drug-likeness (QED) is 0.597. The normalized spacial score (nSPS) is 18.6. The molecule has 2 aromatic rings. The predicted octanol–water partition coefficient (Wildman–Crippen LogP) is 3.03. The van der Waals surface area contributed by atoms with Gasteiger partial charge in [0.05, 0.1) is 7.11 Å². The van der Waals surface area contributed by atoms with Crippen LogP contribution in [0.1, 0.15) is 36.0 Å². The lowest BCUT2D eigenvalue weighted by atomic mass is 9.98. The number of amides is 1. The third-order valence-corrected chi connectivity index (χ3v) is 6.26. The summed E-state index contributed by atoms with van der Waals surface area (Å²) in [7, 11) is 1.69. The van der Waals surface area contributed by atoms with Gasteiger partial charge < -0.3 is 19.9 Å². The van der Waals surface area contributed by atoms with E-state index in [9.17, 15) is 4.79 Å². The number of hydrogen-bond acceptors (Lipinski definition) is 3. The zero-order valence-electron chi connectivity index (χ0n) is 18.5. The van der Waals surface area contributed by atoms with E-state index < -0.39 is 0 Å². The highest BCUT2D eigenvalue weighted by atomic mass is 16.5. The molecule has 1 unspecified atom stereocenters. The molecular weight excluding hydrogens is 388 g/mol. The van der Waals surface area contributed by atoms with Crippen molar-refractivity contribution in [3.8, 4) is 5.75 Å². The Bertz CT molecular complexity index is 925. The minimum Gasteiger partial charge on any atom is -0.497 e. The number of nitrogens with one attached hydrogen (secondary N) is 1. The molecule has 0 radical (unpaired) electrons. The number of benzene rings is 2. The first-order valence-electron chi connectivity index (χ1n) is 11.2. The van der Waals surface area contributed by atoms with E-state index >= 15 is 0 Å². The minimum absolute atomic E-state index is 0.0933. The fourth-order valence-electron chi connectivity index (χ4n) is 4.48. The van der Waals surface area contributed by atoms with Crippen molar-refractivity contribution in [2.75, 3.05) is 39.8 Å². The molecule has 0 spiro atoms. The molecule has 0 aliphatic carbocycles. The first-order valence-corrected chi connectivity index (χ1v) is 11.2. The van der Waals surface area contributed by atoms with Crippen LogP contribution in [0, 0.1) is 0 Å². The smallest absolute Gasteiger partial charge is 0.244 e. The van der Waals surface area contributed by atoms with Gasteiger partial charge in [-0.3, -0.25) is 4.79 Å². The van der Waals surface area contributed by atoms with Crippen molar-refractivity contribution in [2.45, 2.75) is 32.2 Å². The van der Waals surface area contributed by atoms with Crippen LogP contribution < -0.4 is 10.1 Å². The molecule has 1 fully saturated rings. The van der Waals surface area contributed by atoms with Crippen LogP contribution >= 0.6 is 0 Å². The van der Waals surface area contributed by atoms with E-state index in [-0.39, 0.29) is 12.5 Å². The van der Waals surface area contributed by atoms with E-state index in [1.54, 1.807) is 7.11 Å². The number of methoxy groups -OCH3 is 1. The zero-order valence-corrected chi connectivity index (χ0v) is 18.5. The van der Waals surface area contributed by atoms with E-state index in [2.05, 4.69) is 47.5 Å². The van der Waals surface area contributed by atoms with Gasteiger partial charge in [0.2, 0.25) is 5.91 Å². The third kappa shape index (κ3) is 5.01. The summed E-state index contributed by atoms with van der Waals surface area (Å²) >= 11 is 0. The zero-order chi connectivity index (χ0) is 21.6. The average molecular weight is 421 g/mol. The average Bonchev–Trinajstić information content (AvgIpc) is 3.31.